The number of aromatic nitrogens is 2. The Morgan fingerprint density at radius 2 is 2.45 bits per heavy atom. The van der Waals surface area contributed by atoms with E-state index >= 15 is 0 Å². The summed E-state index contributed by atoms with van der Waals surface area (Å²) in [5.41, 5.74) is 5.66. The van der Waals surface area contributed by atoms with Gasteiger partial charge in [-0.25, -0.2) is 4.98 Å². The molecule has 0 aromatic carbocycles. The van der Waals surface area contributed by atoms with Gasteiger partial charge in [0.1, 0.15) is 5.82 Å². The van der Waals surface area contributed by atoms with E-state index in [1.54, 1.807) is 0 Å². The highest BCUT2D eigenvalue weighted by Gasteiger charge is 2.00. The summed E-state index contributed by atoms with van der Waals surface area (Å²) in [6, 6.07) is 0.203. The van der Waals surface area contributed by atoms with E-state index in [2.05, 4.69) is 16.5 Å². The first-order chi connectivity index (χ1) is 5.24. The minimum absolute atomic E-state index is 0.203. The lowest BCUT2D eigenvalue weighted by molar-refractivity contribution is 0.569. The molecule has 1 aromatic rings. The highest BCUT2D eigenvalue weighted by Crippen LogP contribution is 1.98. The van der Waals surface area contributed by atoms with E-state index in [1.807, 2.05) is 19.3 Å². The molecule has 3 nitrogen and oxygen atoms in total. The quantitative estimate of drug-likeness (QED) is 0.697. The zero-order valence-corrected chi connectivity index (χ0v) is 7.12. The van der Waals surface area contributed by atoms with Gasteiger partial charge in [-0.05, 0) is 6.92 Å². The number of rotatable bonds is 3. The molecule has 1 heterocycles. The molecular weight excluding hydrogens is 138 g/mol. The van der Waals surface area contributed by atoms with Crippen molar-refractivity contribution in [3.63, 3.8) is 0 Å². The lowest BCUT2D eigenvalue weighted by atomic mass is 10.3. The largest absolute Gasteiger partial charge is 0.333 e. The first kappa shape index (κ1) is 8.27. The predicted octanol–water partition coefficient (Wildman–Crippen LogP) is 0.793. The zero-order valence-electron chi connectivity index (χ0n) is 7.12. The summed E-state index contributed by atoms with van der Waals surface area (Å²) in [4.78, 5) is 4.20. The van der Waals surface area contributed by atoms with Crippen molar-refractivity contribution in [3.8, 4) is 0 Å². The molecule has 1 rings (SSSR count). The maximum Gasteiger partial charge on any atom is 0.108 e. The van der Waals surface area contributed by atoms with Crippen LogP contribution in [0.1, 0.15) is 19.7 Å². The predicted molar refractivity (Wildman–Crippen MR) is 45.3 cm³/mol. The van der Waals surface area contributed by atoms with Crippen molar-refractivity contribution in [1.29, 1.82) is 0 Å². The van der Waals surface area contributed by atoms with Gasteiger partial charge in [-0.2, -0.15) is 0 Å². The molecule has 0 spiro atoms. The van der Waals surface area contributed by atoms with Gasteiger partial charge in [0.15, 0.2) is 0 Å². The molecule has 0 bridgehead atoms. The van der Waals surface area contributed by atoms with E-state index in [0.717, 1.165) is 18.8 Å². The number of hydrogen-bond donors (Lipinski definition) is 1. The Labute approximate surface area is 67.2 Å². The third-order valence-electron chi connectivity index (χ3n) is 1.60. The van der Waals surface area contributed by atoms with Crippen LogP contribution in [0.25, 0.3) is 0 Å². The molecule has 0 aliphatic carbocycles. The van der Waals surface area contributed by atoms with Crippen molar-refractivity contribution in [2.24, 2.45) is 5.73 Å². The lowest BCUT2D eigenvalue weighted by Gasteiger charge is -2.08. The number of imidazole rings is 1. The smallest absolute Gasteiger partial charge is 0.108 e. The molecule has 0 amide bonds. The molecule has 0 aliphatic rings. The Bertz CT molecular complexity index is 215. The normalized spacial score (nSPS) is 13.4. The minimum Gasteiger partial charge on any atom is -0.333 e. The van der Waals surface area contributed by atoms with Crippen LogP contribution in [0.2, 0.25) is 0 Å². The second kappa shape index (κ2) is 3.53. The molecule has 0 radical (unpaired) electrons. The van der Waals surface area contributed by atoms with Gasteiger partial charge in [0.2, 0.25) is 0 Å². The highest BCUT2D eigenvalue weighted by molar-refractivity contribution is 4.92. The summed E-state index contributed by atoms with van der Waals surface area (Å²) in [6.45, 7) is 4.96. The fraction of sp³-hybridized carbons (Fsp3) is 0.625. The van der Waals surface area contributed by atoms with Crippen LogP contribution in [-0.2, 0) is 13.0 Å². The van der Waals surface area contributed by atoms with Gasteiger partial charge < -0.3 is 10.3 Å². The van der Waals surface area contributed by atoms with Crippen LogP contribution in [-0.4, -0.2) is 15.6 Å². The number of aryl methyl sites for hydroxylation is 1. The standard InChI is InChI=1S/C8H15N3/c1-3-8-10-4-5-11(8)6-7(2)9/h4-5,7H,3,6,9H2,1-2H3/t7-/m1/s1. The van der Waals surface area contributed by atoms with Gasteiger partial charge in [0.25, 0.3) is 0 Å². The van der Waals surface area contributed by atoms with E-state index < -0.39 is 0 Å². The molecular formula is C8H15N3. The third kappa shape index (κ3) is 2.05. The molecule has 0 saturated carbocycles. The van der Waals surface area contributed by atoms with Crippen LogP contribution < -0.4 is 5.73 Å². The molecule has 3 heteroatoms. The van der Waals surface area contributed by atoms with Gasteiger partial charge in [0.05, 0.1) is 0 Å². The average molecular weight is 153 g/mol. The van der Waals surface area contributed by atoms with Crippen molar-refractivity contribution in [2.75, 3.05) is 0 Å². The summed E-state index contributed by atoms with van der Waals surface area (Å²) < 4.78 is 2.10. The Morgan fingerprint density at radius 1 is 1.73 bits per heavy atom. The molecule has 62 valence electrons. The Kier molecular flexibility index (Phi) is 2.65. The van der Waals surface area contributed by atoms with Crippen LogP contribution in [0.4, 0.5) is 0 Å². The van der Waals surface area contributed by atoms with Crippen LogP contribution in [0.3, 0.4) is 0 Å². The van der Waals surface area contributed by atoms with E-state index in [1.165, 1.54) is 0 Å². The van der Waals surface area contributed by atoms with Gasteiger partial charge in [-0.3, -0.25) is 0 Å². The van der Waals surface area contributed by atoms with E-state index in [4.69, 9.17) is 5.73 Å². The average Bonchev–Trinajstić information content (AvgIpc) is 2.34. The zero-order chi connectivity index (χ0) is 8.27. The topological polar surface area (TPSA) is 43.8 Å². The minimum atomic E-state index is 0.203. The fourth-order valence-corrected chi connectivity index (χ4v) is 1.13. The maximum atomic E-state index is 5.66. The SMILES string of the molecule is CCc1nccn1C[C@@H](C)N. The molecule has 11 heavy (non-hydrogen) atoms. The van der Waals surface area contributed by atoms with Crippen molar-refractivity contribution < 1.29 is 0 Å². The summed E-state index contributed by atoms with van der Waals surface area (Å²) >= 11 is 0. The Balaban J connectivity index is 2.68. The molecule has 0 unspecified atom stereocenters. The van der Waals surface area contributed by atoms with E-state index in [0.29, 0.717) is 0 Å². The number of hydrogen-bond acceptors (Lipinski definition) is 2. The van der Waals surface area contributed by atoms with Gasteiger partial charge in [-0.15, -0.1) is 0 Å². The summed E-state index contributed by atoms with van der Waals surface area (Å²) in [5, 5.41) is 0. The third-order valence-corrected chi connectivity index (χ3v) is 1.60. The summed E-state index contributed by atoms with van der Waals surface area (Å²) in [7, 11) is 0. The van der Waals surface area contributed by atoms with Crippen LogP contribution in [0.5, 0.6) is 0 Å². The molecule has 0 fully saturated rings. The maximum absolute atomic E-state index is 5.66. The number of nitrogens with two attached hydrogens (primary N) is 1. The Hall–Kier alpha value is -0.830. The molecule has 1 atom stereocenters. The summed E-state index contributed by atoms with van der Waals surface area (Å²) in [5.74, 6) is 1.11. The fourth-order valence-electron chi connectivity index (χ4n) is 1.13. The molecule has 0 saturated heterocycles. The van der Waals surface area contributed by atoms with Gasteiger partial charge in [-0.1, -0.05) is 6.92 Å². The van der Waals surface area contributed by atoms with Gasteiger partial charge >= 0.3 is 0 Å². The molecule has 0 aliphatic heterocycles. The second-order valence-corrected chi connectivity index (χ2v) is 2.83. The molecule has 1 aromatic heterocycles. The lowest BCUT2D eigenvalue weighted by Crippen LogP contribution is -2.22. The van der Waals surface area contributed by atoms with Gasteiger partial charge in [0, 0.05) is 31.4 Å². The first-order valence-corrected chi connectivity index (χ1v) is 3.99. The first-order valence-electron chi connectivity index (χ1n) is 3.99. The van der Waals surface area contributed by atoms with Crippen molar-refractivity contribution in [2.45, 2.75) is 32.9 Å². The number of nitrogens with zero attached hydrogens (tertiary/aromatic N) is 2. The Morgan fingerprint density at radius 3 is 3.00 bits per heavy atom. The van der Waals surface area contributed by atoms with Crippen molar-refractivity contribution in [1.82, 2.24) is 9.55 Å². The highest BCUT2D eigenvalue weighted by atomic mass is 15.1. The summed E-state index contributed by atoms with van der Waals surface area (Å²) in [6.07, 6.45) is 4.77. The van der Waals surface area contributed by atoms with E-state index in [-0.39, 0.29) is 6.04 Å². The van der Waals surface area contributed by atoms with Crippen molar-refractivity contribution in [3.05, 3.63) is 18.2 Å². The van der Waals surface area contributed by atoms with Crippen LogP contribution in [0, 0.1) is 0 Å². The molecule has 2 N–H and O–H groups in total. The van der Waals surface area contributed by atoms with Crippen molar-refractivity contribution >= 4 is 0 Å². The van der Waals surface area contributed by atoms with Crippen LogP contribution in [0.15, 0.2) is 12.4 Å². The second-order valence-electron chi connectivity index (χ2n) is 2.83. The van der Waals surface area contributed by atoms with E-state index in [9.17, 15) is 0 Å². The van der Waals surface area contributed by atoms with Crippen LogP contribution >= 0.6 is 0 Å². The monoisotopic (exact) mass is 153 g/mol.